The fourth-order valence-electron chi connectivity index (χ4n) is 3.83. The van der Waals surface area contributed by atoms with Crippen LogP contribution < -0.4 is 4.90 Å². The predicted octanol–water partition coefficient (Wildman–Crippen LogP) is 4.11. The predicted molar refractivity (Wildman–Crippen MR) is 114 cm³/mol. The number of piperazine rings is 1. The van der Waals surface area contributed by atoms with Crippen molar-refractivity contribution in [3.63, 3.8) is 0 Å². The number of anilines is 1. The van der Waals surface area contributed by atoms with Crippen LogP contribution in [0.1, 0.15) is 31.9 Å². The van der Waals surface area contributed by atoms with Crippen molar-refractivity contribution in [2.45, 2.75) is 43.3 Å². The van der Waals surface area contributed by atoms with Gasteiger partial charge in [0.2, 0.25) is 10.0 Å². The average molecular weight is 489 g/mol. The van der Waals surface area contributed by atoms with Gasteiger partial charge in [0.25, 0.3) is 0 Å². The summed E-state index contributed by atoms with van der Waals surface area (Å²) in [4.78, 5) is 12.9. The van der Waals surface area contributed by atoms with Gasteiger partial charge in [0.05, 0.1) is 15.9 Å². The lowest BCUT2D eigenvalue weighted by Gasteiger charge is -2.40. The van der Waals surface area contributed by atoms with Crippen molar-refractivity contribution in [3.05, 3.63) is 59.4 Å². The number of sulfonamides is 1. The van der Waals surface area contributed by atoms with E-state index in [1.807, 2.05) is 0 Å². The van der Waals surface area contributed by atoms with Crippen LogP contribution in [0.3, 0.4) is 0 Å². The number of hydrogen-bond acceptors (Lipinski definition) is 4. The lowest BCUT2D eigenvalue weighted by molar-refractivity contribution is -0.142. The fourth-order valence-corrected chi connectivity index (χ4v) is 5.49. The van der Waals surface area contributed by atoms with E-state index < -0.39 is 45.0 Å². The summed E-state index contributed by atoms with van der Waals surface area (Å²) in [6.07, 6.45) is -4.76. The van der Waals surface area contributed by atoms with Crippen molar-refractivity contribution in [1.29, 1.82) is 0 Å². The van der Waals surface area contributed by atoms with Gasteiger partial charge in [0, 0.05) is 31.4 Å². The van der Waals surface area contributed by atoms with Crippen LogP contribution in [0, 0.1) is 5.82 Å². The van der Waals surface area contributed by atoms with Crippen LogP contribution >= 0.6 is 0 Å². The Morgan fingerprint density at radius 3 is 2.33 bits per heavy atom. The van der Waals surface area contributed by atoms with Gasteiger partial charge in [0.15, 0.2) is 0 Å². The first-order valence-corrected chi connectivity index (χ1v) is 11.6. The second-order valence-electron chi connectivity index (χ2n) is 8.53. The zero-order valence-electron chi connectivity index (χ0n) is 18.2. The summed E-state index contributed by atoms with van der Waals surface area (Å²) >= 11 is 0. The van der Waals surface area contributed by atoms with Gasteiger partial charge >= 0.3 is 12.1 Å². The van der Waals surface area contributed by atoms with Gasteiger partial charge in [0.1, 0.15) is 5.82 Å². The van der Waals surface area contributed by atoms with E-state index in [2.05, 4.69) is 0 Å². The van der Waals surface area contributed by atoms with Crippen LogP contribution in [0.25, 0.3) is 0 Å². The number of nitrogens with zero attached hydrogens (tertiary/aromatic N) is 2. The van der Waals surface area contributed by atoms with E-state index in [9.17, 15) is 35.9 Å². The van der Waals surface area contributed by atoms with Crippen LogP contribution in [0.2, 0.25) is 0 Å². The zero-order valence-corrected chi connectivity index (χ0v) is 19.0. The van der Waals surface area contributed by atoms with Gasteiger partial charge in [-0.15, -0.1) is 0 Å². The van der Waals surface area contributed by atoms with Crippen molar-refractivity contribution in [2.75, 3.05) is 24.5 Å². The van der Waals surface area contributed by atoms with Gasteiger partial charge < -0.3 is 10.0 Å². The normalized spacial score (nSPS) is 18.4. The quantitative estimate of drug-likeness (QED) is 0.641. The molecule has 0 unspecified atom stereocenters. The van der Waals surface area contributed by atoms with Crippen LogP contribution in [-0.2, 0) is 26.4 Å². The van der Waals surface area contributed by atoms with Gasteiger partial charge in [-0.2, -0.15) is 17.5 Å². The molecule has 0 aliphatic carbocycles. The molecule has 0 spiro atoms. The highest BCUT2D eigenvalue weighted by Gasteiger charge is 2.39. The fraction of sp³-hybridized carbons (Fsp3) is 0.409. The second-order valence-corrected chi connectivity index (χ2v) is 10.4. The number of halogens is 4. The maximum atomic E-state index is 13.5. The van der Waals surface area contributed by atoms with Crippen LogP contribution in [0.15, 0.2) is 47.4 Å². The zero-order chi connectivity index (χ0) is 24.8. The monoisotopic (exact) mass is 488 g/mol. The summed E-state index contributed by atoms with van der Waals surface area (Å²) < 4.78 is 81.5. The third kappa shape index (κ3) is 4.84. The molecule has 0 radical (unpaired) electrons. The molecule has 180 valence electrons. The Balaban J connectivity index is 1.89. The Hall–Kier alpha value is -2.66. The molecule has 2 aromatic carbocycles. The van der Waals surface area contributed by atoms with Crippen molar-refractivity contribution < 1.29 is 35.9 Å². The molecule has 11 heteroatoms. The van der Waals surface area contributed by atoms with E-state index in [-0.39, 0.29) is 30.2 Å². The van der Waals surface area contributed by atoms with Crippen molar-refractivity contribution in [2.24, 2.45) is 0 Å². The van der Waals surface area contributed by atoms with Crippen molar-refractivity contribution in [3.8, 4) is 0 Å². The number of alkyl halides is 3. The number of carbonyl (C=O) groups is 1. The lowest BCUT2D eigenvalue weighted by atomic mass is 9.85. The van der Waals surface area contributed by atoms with Gasteiger partial charge in [-0.25, -0.2) is 12.8 Å². The summed E-state index contributed by atoms with van der Waals surface area (Å²) in [7, 11) is -4.04. The molecule has 1 aliphatic rings. The minimum absolute atomic E-state index is 0.0292. The van der Waals surface area contributed by atoms with Gasteiger partial charge in [-0.3, -0.25) is 4.79 Å². The first-order chi connectivity index (χ1) is 15.2. The number of hydrogen-bond donors (Lipinski definition) is 1. The topological polar surface area (TPSA) is 77.9 Å². The lowest BCUT2D eigenvalue weighted by Crippen LogP contribution is -2.54. The number of carboxylic acids is 1. The molecular weight excluding hydrogens is 464 g/mol. The van der Waals surface area contributed by atoms with E-state index in [1.54, 1.807) is 6.92 Å². The molecule has 1 N–H and O–H groups in total. The summed E-state index contributed by atoms with van der Waals surface area (Å²) in [6.45, 7) is 4.34. The Morgan fingerprint density at radius 2 is 1.76 bits per heavy atom. The molecule has 6 nitrogen and oxygen atoms in total. The maximum Gasteiger partial charge on any atom is 0.418 e. The Morgan fingerprint density at radius 1 is 1.09 bits per heavy atom. The molecule has 1 saturated heterocycles. The van der Waals surface area contributed by atoms with Crippen LogP contribution in [0.4, 0.5) is 23.2 Å². The molecule has 1 fully saturated rings. The molecule has 0 aromatic heterocycles. The minimum Gasteiger partial charge on any atom is -0.481 e. The summed E-state index contributed by atoms with van der Waals surface area (Å²) in [6, 6.07) is 7.39. The molecule has 1 aliphatic heterocycles. The molecule has 1 heterocycles. The van der Waals surface area contributed by atoms with E-state index in [0.717, 1.165) is 12.1 Å². The summed E-state index contributed by atoms with van der Waals surface area (Å²) in [5, 5.41) is 9.44. The largest absolute Gasteiger partial charge is 0.481 e. The molecule has 2 aromatic rings. The third-order valence-electron chi connectivity index (χ3n) is 5.87. The average Bonchev–Trinajstić information content (AvgIpc) is 2.72. The standard InChI is InChI=1S/C22H24F4N2O4S/c1-14-13-27(19-8-7-16(23)12-18(19)22(24,25)26)9-10-28(14)33(31,32)17-6-4-5-15(11-17)21(2,3)20(29)30/h4-8,11-12,14H,9-10,13H2,1-3H3,(H,29,30)/t14-/m1/s1. The maximum absolute atomic E-state index is 13.5. The first kappa shape index (κ1) is 25.0. The Kier molecular flexibility index (Phi) is 6.51. The second kappa shape index (κ2) is 8.60. The summed E-state index contributed by atoms with van der Waals surface area (Å²) in [5.74, 6) is -2.12. The molecule has 0 bridgehead atoms. The summed E-state index contributed by atoms with van der Waals surface area (Å²) in [5.41, 5.74) is -2.33. The van der Waals surface area contributed by atoms with Crippen LogP contribution in [-0.4, -0.2) is 49.5 Å². The van der Waals surface area contributed by atoms with Gasteiger partial charge in [-0.1, -0.05) is 12.1 Å². The van der Waals surface area contributed by atoms with Gasteiger partial charge in [-0.05, 0) is 56.7 Å². The van der Waals surface area contributed by atoms with E-state index >= 15 is 0 Å². The SMILES string of the molecule is C[C@@H]1CN(c2ccc(F)cc2C(F)(F)F)CCN1S(=O)(=O)c1cccc(C(C)(C)C(=O)O)c1. The molecular formula is C22H24F4N2O4S. The van der Waals surface area contributed by atoms with Crippen LogP contribution in [0.5, 0.6) is 0 Å². The molecule has 3 rings (SSSR count). The third-order valence-corrected chi connectivity index (χ3v) is 7.88. The minimum atomic E-state index is -4.76. The number of aliphatic carboxylic acids is 1. The van der Waals surface area contributed by atoms with E-state index in [4.69, 9.17) is 0 Å². The highest BCUT2D eigenvalue weighted by molar-refractivity contribution is 7.89. The number of rotatable bonds is 5. The molecule has 0 saturated carbocycles. The molecule has 33 heavy (non-hydrogen) atoms. The highest BCUT2D eigenvalue weighted by Crippen LogP contribution is 2.38. The highest BCUT2D eigenvalue weighted by atomic mass is 32.2. The van der Waals surface area contributed by atoms with Crippen molar-refractivity contribution in [1.82, 2.24) is 4.31 Å². The molecule has 1 atom stereocenters. The number of carboxylic acid groups (broad SMARTS) is 1. The van der Waals surface area contributed by atoms with Crippen molar-refractivity contribution >= 4 is 21.7 Å². The van der Waals surface area contributed by atoms with E-state index in [1.165, 1.54) is 47.3 Å². The Bertz CT molecular complexity index is 1170. The van der Waals surface area contributed by atoms with E-state index in [0.29, 0.717) is 11.6 Å². The number of benzene rings is 2. The Labute approximate surface area is 189 Å². The smallest absolute Gasteiger partial charge is 0.418 e. The first-order valence-electron chi connectivity index (χ1n) is 10.1. The molecule has 0 amide bonds.